The number of Topliss-reactive ketones (excluding diaryl/α,β-unsaturated/α-hetero) is 1. The van der Waals surface area contributed by atoms with E-state index in [1.165, 1.54) is 0 Å². The Kier molecular flexibility index (Phi) is 5.86. The molecule has 5 rings (SSSR count). The molecule has 0 aliphatic carbocycles. The van der Waals surface area contributed by atoms with Crippen molar-refractivity contribution in [3.8, 4) is 17.0 Å². The molecule has 33 heavy (non-hydrogen) atoms. The molecule has 2 N–H and O–H groups in total. The van der Waals surface area contributed by atoms with Gasteiger partial charge < -0.3 is 14.4 Å². The van der Waals surface area contributed by atoms with Gasteiger partial charge in [0.15, 0.2) is 5.78 Å². The lowest BCUT2D eigenvalue weighted by Crippen LogP contribution is -2.28. The van der Waals surface area contributed by atoms with Gasteiger partial charge in [0.25, 0.3) is 0 Å². The number of aromatic amines is 1. The van der Waals surface area contributed by atoms with Gasteiger partial charge in [0.1, 0.15) is 10.9 Å². The van der Waals surface area contributed by atoms with Gasteiger partial charge in [0.2, 0.25) is 0 Å². The number of H-pyrrole nitrogens is 1. The molecule has 1 aliphatic heterocycles. The number of carbonyl (C=O) groups excluding carboxylic acids is 1. The molecule has 0 fully saturated rings. The van der Waals surface area contributed by atoms with Crippen LogP contribution in [0.3, 0.4) is 0 Å². The third-order valence-electron chi connectivity index (χ3n) is 6.08. The van der Waals surface area contributed by atoms with Crippen LogP contribution in [0.5, 0.6) is 5.75 Å². The molecule has 9 heteroatoms. The Balaban J connectivity index is 1.55. The number of hydrogen-bond acceptors (Lipinski definition) is 5. The third-order valence-corrected chi connectivity index (χ3v) is 6.60. The highest BCUT2D eigenvalue weighted by molar-refractivity contribution is 6.32. The van der Waals surface area contributed by atoms with Crippen LogP contribution in [0.2, 0.25) is 10.2 Å². The van der Waals surface area contributed by atoms with Crippen LogP contribution in [0.15, 0.2) is 42.9 Å². The molecule has 7 nitrogen and oxygen atoms in total. The van der Waals surface area contributed by atoms with E-state index in [9.17, 15) is 9.90 Å². The summed E-state index contributed by atoms with van der Waals surface area (Å²) in [4.78, 5) is 18.1. The highest BCUT2D eigenvalue weighted by Gasteiger charge is 2.29. The minimum Gasteiger partial charge on any atom is -0.493 e. The predicted molar refractivity (Wildman–Crippen MR) is 127 cm³/mol. The molecule has 0 bridgehead atoms. The number of rotatable bonds is 6. The van der Waals surface area contributed by atoms with Gasteiger partial charge in [-0.15, -0.1) is 0 Å². The molecule has 2 atom stereocenters. The predicted octanol–water partition coefficient (Wildman–Crippen LogP) is 4.94. The van der Waals surface area contributed by atoms with E-state index in [1.54, 1.807) is 18.5 Å². The van der Waals surface area contributed by atoms with Crippen molar-refractivity contribution in [3.05, 3.63) is 64.2 Å². The van der Waals surface area contributed by atoms with Crippen molar-refractivity contribution in [2.24, 2.45) is 5.92 Å². The molecule has 4 heterocycles. The molecule has 0 radical (unpaired) electrons. The van der Waals surface area contributed by atoms with E-state index in [4.69, 9.17) is 27.9 Å². The molecule has 1 unspecified atom stereocenters. The highest BCUT2D eigenvalue weighted by Crippen LogP contribution is 2.34. The average molecular weight is 485 g/mol. The first-order valence-electron chi connectivity index (χ1n) is 10.8. The number of nitrogens with zero attached hydrogens (tertiary/aromatic N) is 3. The van der Waals surface area contributed by atoms with Gasteiger partial charge in [0, 0.05) is 34.9 Å². The van der Waals surface area contributed by atoms with E-state index in [0.717, 1.165) is 22.2 Å². The summed E-state index contributed by atoms with van der Waals surface area (Å²) in [6, 6.07) is 7.34. The Labute approximate surface area is 200 Å². The van der Waals surface area contributed by atoms with Crippen LogP contribution in [0.4, 0.5) is 0 Å². The molecule has 0 saturated carbocycles. The molecule has 4 aromatic rings. The summed E-state index contributed by atoms with van der Waals surface area (Å²) in [6.45, 7) is 2.58. The summed E-state index contributed by atoms with van der Waals surface area (Å²) >= 11 is 12.3. The summed E-state index contributed by atoms with van der Waals surface area (Å²) in [7, 11) is 0. The lowest BCUT2D eigenvalue weighted by molar-refractivity contribution is 0.0856. The second kappa shape index (κ2) is 8.82. The Bertz CT molecular complexity index is 1350. The number of benzene rings is 1. The van der Waals surface area contributed by atoms with Gasteiger partial charge in [-0.25, -0.2) is 0 Å². The van der Waals surface area contributed by atoms with E-state index in [-0.39, 0.29) is 11.7 Å². The molecule has 1 aromatic carbocycles. The van der Waals surface area contributed by atoms with E-state index < -0.39 is 6.10 Å². The number of aromatic nitrogens is 4. The van der Waals surface area contributed by atoms with Gasteiger partial charge >= 0.3 is 0 Å². The van der Waals surface area contributed by atoms with Gasteiger partial charge in [0.05, 0.1) is 41.6 Å². The van der Waals surface area contributed by atoms with Crippen molar-refractivity contribution in [1.82, 2.24) is 19.7 Å². The first kappa shape index (κ1) is 21.9. The van der Waals surface area contributed by atoms with Crippen LogP contribution in [0.1, 0.15) is 29.3 Å². The molecular formula is C24H22Cl2N4O3. The smallest absolute Gasteiger partial charge is 0.171 e. The number of halogens is 2. The zero-order valence-corrected chi connectivity index (χ0v) is 19.4. The number of pyridine rings is 1. The Morgan fingerprint density at radius 3 is 2.94 bits per heavy atom. The number of carbonyl (C=O) groups is 1. The fourth-order valence-electron chi connectivity index (χ4n) is 4.24. The van der Waals surface area contributed by atoms with Crippen molar-refractivity contribution in [2.45, 2.75) is 32.4 Å². The number of fused-ring (bicyclic) bond motifs is 2. The average Bonchev–Trinajstić information content (AvgIpc) is 3.41. The van der Waals surface area contributed by atoms with Crippen molar-refractivity contribution >= 4 is 39.9 Å². The molecule has 0 spiro atoms. The SMILES string of the molecule is CC[C@H](O)Cn1cc(C(=O)C2COc3ccc(Cl)cc3C2)c2cnc(-c3cn[nH]c3Cl)cc21. The third kappa shape index (κ3) is 4.12. The number of ether oxygens (including phenoxy) is 1. The number of nitrogens with one attached hydrogen (secondary N) is 1. The summed E-state index contributed by atoms with van der Waals surface area (Å²) in [5.41, 5.74) is 3.59. The number of aliphatic hydroxyl groups excluding tert-OH is 1. The monoisotopic (exact) mass is 484 g/mol. The van der Waals surface area contributed by atoms with Crippen LogP contribution in [-0.2, 0) is 13.0 Å². The summed E-state index contributed by atoms with van der Waals surface area (Å²) in [5.74, 6) is 0.403. The number of ketones is 1. The maximum atomic E-state index is 13.6. The summed E-state index contributed by atoms with van der Waals surface area (Å²) in [6.07, 6.45) is 5.72. The Morgan fingerprint density at radius 2 is 2.18 bits per heavy atom. The van der Waals surface area contributed by atoms with Crippen LogP contribution in [-0.4, -0.2) is 43.3 Å². The Hall–Kier alpha value is -2.87. The van der Waals surface area contributed by atoms with Gasteiger partial charge in [-0.3, -0.25) is 14.9 Å². The molecule has 3 aromatic heterocycles. The first-order valence-corrected chi connectivity index (χ1v) is 11.5. The standard InChI is InChI=1S/C24H22Cl2N4O3/c1-2-16(31)10-30-11-19(17-8-27-20(7-21(17)30)18-9-28-29-24(18)26)23(32)14-5-13-6-15(25)3-4-22(13)33-12-14/h3-4,6-9,11,14,16,31H,2,5,10,12H2,1H3,(H,28,29)/t14?,16-/m0/s1. The second-order valence-corrected chi connectivity index (χ2v) is 9.08. The first-order chi connectivity index (χ1) is 15.9. The van der Waals surface area contributed by atoms with Crippen molar-refractivity contribution in [3.63, 3.8) is 0 Å². The molecule has 1 aliphatic rings. The van der Waals surface area contributed by atoms with Crippen LogP contribution in [0.25, 0.3) is 22.2 Å². The van der Waals surface area contributed by atoms with E-state index >= 15 is 0 Å². The van der Waals surface area contributed by atoms with Crippen molar-refractivity contribution in [2.75, 3.05) is 6.61 Å². The molecular weight excluding hydrogens is 463 g/mol. The van der Waals surface area contributed by atoms with E-state index in [0.29, 0.717) is 53.0 Å². The number of aliphatic hydroxyl groups is 1. The fraction of sp³-hybridized carbons (Fsp3) is 0.292. The lowest BCUT2D eigenvalue weighted by Gasteiger charge is -2.24. The van der Waals surface area contributed by atoms with E-state index in [1.807, 2.05) is 35.9 Å². The van der Waals surface area contributed by atoms with Crippen LogP contribution in [0, 0.1) is 5.92 Å². The maximum absolute atomic E-state index is 13.6. The van der Waals surface area contributed by atoms with Crippen LogP contribution < -0.4 is 4.74 Å². The summed E-state index contributed by atoms with van der Waals surface area (Å²) in [5, 5.41) is 18.7. The zero-order chi connectivity index (χ0) is 23.1. The van der Waals surface area contributed by atoms with Crippen molar-refractivity contribution < 1.29 is 14.6 Å². The van der Waals surface area contributed by atoms with Gasteiger partial charge in [-0.05, 0) is 42.7 Å². The highest BCUT2D eigenvalue weighted by atomic mass is 35.5. The maximum Gasteiger partial charge on any atom is 0.171 e. The molecule has 0 saturated heterocycles. The van der Waals surface area contributed by atoms with Crippen molar-refractivity contribution in [1.29, 1.82) is 0 Å². The fourth-order valence-corrected chi connectivity index (χ4v) is 4.63. The minimum atomic E-state index is -0.537. The minimum absolute atomic E-state index is 0.0220. The summed E-state index contributed by atoms with van der Waals surface area (Å²) < 4.78 is 7.76. The second-order valence-electron chi connectivity index (χ2n) is 8.27. The van der Waals surface area contributed by atoms with Crippen LogP contribution >= 0.6 is 23.2 Å². The van der Waals surface area contributed by atoms with Gasteiger partial charge in [-0.1, -0.05) is 30.1 Å². The topological polar surface area (TPSA) is 93.0 Å². The zero-order valence-electron chi connectivity index (χ0n) is 17.9. The molecule has 170 valence electrons. The Morgan fingerprint density at radius 1 is 1.33 bits per heavy atom. The molecule has 0 amide bonds. The quantitative estimate of drug-likeness (QED) is 0.378. The van der Waals surface area contributed by atoms with E-state index in [2.05, 4.69) is 15.2 Å². The lowest BCUT2D eigenvalue weighted by atomic mass is 9.90. The number of hydrogen-bond donors (Lipinski definition) is 2. The largest absolute Gasteiger partial charge is 0.493 e. The van der Waals surface area contributed by atoms with Gasteiger partial charge in [-0.2, -0.15) is 5.10 Å². The normalized spacial score (nSPS) is 16.4.